The van der Waals surface area contributed by atoms with Gasteiger partial charge in [-0.1, -0.05) is 5.16 Å². The fourth-order valence-corrected chi connectivity index (χ4v) is 4.27. The largest absolute Gasteiger partial charge is 0.506 e. The summed E-state index contributed by atoms with van der Waals surface area (Å²) in [5, 5.41) is 36.0. The van der Waals surface area contributed by atoms with Crippen LogP contribution in [-0.4, -0.2) is 58.3 Å². The van der Waals surface area contributed by atoms with E-state index in [0.29, 0.717) is 5.56 Å². The lowest BCUT2D eigenvalue weighted by Gasteiger charge is -2.46. The zero-order chi connectivity index (χ0) is 26.2. The molecule has 3 N–H and O–H groups in total. The first-order chi connectivity index (χ1) is 17.0. The van der Waals surface area contributed by atoms with Crippen LogP contribution in [-0.2, 0) is 20.9 Å². The van der Waals surface area contributed by atoms with Gasteiger partial charge in [-0.05, 0) is 45.9 Å². The predicted molar refractivity (Wildman–Crippen MR) is 127 cm³/mol. The fourth-order valence-electron chi connectivity index (χ4n) is 4.27. The lowest BCUT2D eigenvalue weighted by atomic mass is 9.89. The monoisotopic (exact) mass is 503 g/mol. The van der Waals surface area contributed by atoms with E-state index in [9.17, 15) is 20.1 Å². The van der Waals surface area contributed by atoms with Gasteiger partial charge in [0.25, 0.3) is 0 Å². The molecule has 0 bridgehead atoms. The van der Waals surface area contributed by atoms with E-state index < -0.39 is 35.8 Å². The van der Waals surface area contributed by atoms with Crippen molar-refractivity contribution in [3.63, 3.8) is 0 Å². The van der Waals surface area contributed by atoms with Crippen LogP contribution in [0.2, 0.25) is 0 Å². The number of aromatic hydroxyl groups is 1. The van der Waals surface area contributed by atoms with Gasteiger partial charge in [0.1, 0.15) is 47.6 Å². The second-order valence-corrected chi connectivity index (χ2v) is 9.11. The zero-order valence-electron chi connectivity index (χ0n) is 20.5. The van der Waals surface area contributed by atoms with Gasteiger partial charge in [-0.2, -0.15) is 0 Å². The molecule has 1 aliphatic heterocycles. The highest BCUT2D eigenvalue weighted by molar-refractivity contribution is 6.04. The Morgan fingerprint density at radius 1 is 1.19 bits per heavy atom. The Bertz CT molecular complexity index is 1310. The van der Waals surface area contributed by atoms with Crippen LogP contribution in [0.25, 0.3) is 11.0 Å². The number of oxime groups is 1. The van der Waals surface area contributed by atoms with Gasteiger partial charge in [0.2, 0.25) is 6.29 Å². The number of aryl methyl sites for hydroxylation is 1. The third-order valence-corrected chi connectivity index (χ3v) is 6.16. The minimum absolute atomic E-state index is 0.0886. The van der Waals surface area contributed by atoms with Crippen LogP contribution in [0.1, 0.15) is 37.5 Å². The molecule has 1 fully saturated rings. The molecule has 4 atom stereocenters. The molecule has 11 nitrogen and oxygen atoms in total. The average molecular weight is 504 g/mol. The maximum absolute atomic E-state index is 12.8. The molecule has 1 aliphatic rings. The van der Waals surface area contributed by atoms with E-state index in [-0.39, 0.29) is 40.4 Å². The average Bonchev–Trinajstić information content (AvgIpc) is 3.33. The second-order valence-electron chi connectivity index (χ2n) is 9.11. The number of hydrogen-bond donors (Lipinski definition) is 3. The number of aliphatic hydroxyl groups is 2. The normalized spacial score (nSPS) is 24.1. The molecule has 0 spiro atoms. The molecule has 0 radical (unpaired) electrons. The molecule has 194 valence electrons. The molecule has 1 aromatic carbocycles. The Kier molecular flexibility index (Phi) is 7.10. The minimum Gasteiger partial charge on any atom is -0.506 e. The van der Waals surface area contributed by atoms with Gasteiger partial charge in [0, 0.05) is 18.2 Å². The SMILES string of the molecule is CO[C@@H]1[C@H](O)[C@@H](O)[C@H](Oc2ccc3c(O)c(C(C)=NOCc4ccoc4)c(=O)oc3c2C)OC1(C)C. The van der Waals surface area contributed by atoms with Crippen molar-refractivity contribution in [3.8, 4) is 11.5 Å². The number of aliphatic hydroxyl groups excluding tert-OH is 2. The summed E-state index contributed by atoms with van der Waals surface area (Å²) in [7, 11) is 1.42. The van der Waals surface area contributed by atoms with Gasteiger partial charge in [0.05, 0.1) is 29.2 Å². The summed E-state index contributed by atoms with van der Waals surface area (Å²) in [6.07, 6.45) is -1.65. The lowest BCUT2D eigenvalue weighted by Crippen LogP contribution is -2.63. The Labute approximate surface area is 206 Å². The number of hydrogen-bond acceptors (Lipinski definition) is 11. The van der Waals surface area contributed by atoms with Crippen LogP contribution >= 0.6 is 0 Å². The Morgan fingerprint density at radius 2 is 1.94 bits per heavy atom. The van der Waals surface area contributed by atoms with Crippen molar-refractivity contribution in [2.75, 3.05) is 7.11 Å². The van der Waals surface area contributed by atoms with E-state index in [1.807, 2.05) is 0 Å². The van der Waals surface area contributed by atoms with E-state index in [4.69, 9.17) is 27.9 Å². The molecule has 0 aliphatic carbocycles. The van der Waals surface area contributed by atoms with Crippen LogP contribution in [0.15, 0.2) is 49.5 Å². The van der Waals surface area contributed by atoms with Gasteiger partial charge < -0.3 is 43.2 Å². The van der Waals surface area contributed by atoms with Crippen LogP contribution in [0.4, 0.5) is 0 Å². The summed E-state index contributed by atoms with van der Waals surface area (Å²) in [6, 6.07) is 4.76. The summed E-state index contributed by atoms with van der Waals surface area (Å²) in [4.78, 5) is 18.0. The molecule has 0 saturated carbocycles. The predicted octanol–water partition coefficient (Wildman–Crippen LogP) is 2.59. The second kappa shape index (κ2) is 9.94. The number of fused-ring (bicyclic) bond motifs is 1. The zero-order valence-corrected chi connectivity index (χ0v) is 20.5. The summed E-state index contributed by atoms with van der Waals surface area (Å²) < 4.78 is 27.5. The molecule has 0 amide bonds. The summed E-state index contributed by atoms with van der Waals surface area (Å²) in [6.45, 7) is 6.69. The highest BCUT2D eigenvalue weighted by atomic mass is 16.7. The van der Waals surface area contributed by atoms with E-state index >= 15 is 0 Å². The van der Waals surface area contributed by atoms with Crippen molar-refractivity contribution in [3.05, 3.63) is 57.8 Å². The van der Waals surface area contributed by atoms with Gasteiger partial charge in [0.15, 0.2) is 0 Å². The van der Waals surface area contributed by atoms with Crippen LogP contribution < -0.4 is 10.4 Å². The van der Waals surface area contributed by atoms with Crippen molar-refractivity contribution in [2.45, 2.75) is 64.5 Å². The summed E-state index contributed by atoms with van der Waals surface area (Å²) >= 11 is 0. The minimum atomic E-state index is -1.40. The summed E-state index contributed by atoms with van der Waals surface area (Å²) in [5.41, 5.74) is -0.553. The van der Waals surface area contributed by atoms with Crippen molar-refractivity contribution in [2.24, 2.45) is 5.16 Å². The number of ether oxygens (including phenoxy) is 3. The number of nitrogens with zero attached hydrogens (tertiary/aromatic N) is 1. The number of methoxy groups -OCH3 is 1. The van der Waals surface area contributed by atoms with Crippen molar-refractivity contribution in [1.29, 1.82) is 0 Å². The molecular weight excluding hydrogens is 474 g/mol. The van der Waals surface area contributed by atoms with Gasteiger partial charge in [-0.3, -0.25) is 0 Å². The molecule has 11 heteroatoms. The molecule has 4 rings (SSSR count). The van der Waals surface area contributed by atoms with Crippen molar-refractivity contribution >= 4 is 16.7 Å². The maximum Gasteiger partial charge on any atom is 0.349 e. The van der Waals surface area contributed by atoms with Crippen LogP contribution in [0.3, 0.4) is 0 Å². The van der Waals surface area contributed by atoms with Gasteiger partial charge in [-0.25, -0.2) is 4.79 Å². The Hall–Kier alpha value is -3.38. The van der Waals surface area contributed by atoms with E-state index in [0.717, 1.165) is 5.56 Å². The standard InChI is InChI=1S/C25H29NO10/c1-12-16(34-24-20(29)19(28)22(31-5)25(3,4)36-24)7-6-15-18(27)17(23(30)35-21(12)15)13(2)26-33-11-14-8-9-32-10-14/h6-10,19-20,22,24,27-29H,11H2,1-5H3/t19-,20-,22-,24-/m1/s1. The summed E-state index contributed by atoms with van der Waals surface area (Å²) in [5.74, 6) is -0.0907. The smallest absolute Gasteiger partial charge is 0.349 e. The van der Waals surface area contributed by atoms with Crippen LogP contribution in [0.5, 0.6) is 11.5 Å². The topological polar surface area (TPSA) is 153 Å². The Morgan fingerprint density at radius 3 is 2.61 bits per heavy atom. The molecule has 3 heterocycles. The van der Waals surface area contributed by atoms with Gasteiger partial charge >= 0.3 is 5.63 Å². The molecule has 0 unspecified atom stereocenters. The van der Waals surface area contributed by atoms with E-state index in [1.165, 1.54) is 32.6 Å². The molecule has 2 aromatic heterocycles. The van der Waals surface area contributed by atoms with Crippen LogP contribution in [0, 0.1) is 6.92 Å². The quantitative estimate of drug-likeness (QED) is 0.249. The molecule has 3 aromatic rings. The highest BCUT2D eigenvalue weighted by Crippen LogP contribution is 2.37. The highest BCUT2D eigenvalue weighted by Gasteiger charge is 2.50. The maximum atomic E-state index is 12.8. The first-order valence-corrected chi connectivity index (χ1v) is 11.3. The first kappa shape index (κ1) is 25.7. The number of rotatable bonds is 7. The fraction of sp³-hybridized carbons (Fsp3) is 0.440. The molecule has 36 heavy (non-hydrogen) atoms. The molecule has 1 saturated heterocycles. The first-order valence-electron chi connectivity index (χ1n) is 11.3. The van der Waals surface area contributed by atoms with Crippen molar-refractivity contribution in [1.82, 2.24) is 0 Å². The van der Waals surface area contributed by atoms with Gasteiger partial charge in [-0.15, -0.1) is 0 Å². The van der Waals surface area contributed by atoms with E-state index in [1.54, 1.807) is 32.9 Å². The third kappa shape index (κ3) is 4.70. The number of furan rings is 1. The number of benzene rings is 1. The third-order valence-electron chi connectivity index (χ3n) is 6.16. The molecular formula is C25H29NO10. The lowest BCUT2D eigenvalue weighted by molar-refractivity contribution is -0.306. The van der Waals surface area contributed by atoms with E-state index in [2.05, 4.69) is 5.16 Å². The van der Waals surface area contributed by atoms with Crippen molar-refractivity contribution < 1.29 is 43.2 Å². The Balaban J connectivity index is 1.62.